The third-order valence-electron chi connectivity index (χ3n) is 3.98. The van der Waals surface area contributed by atoms with Gasteiger partial charge in [-0.15, -0.1) is 0 Å². The Bertz CT molecular complexity index is 828. The average molecular weight is 333 g/mol. The van der Waals surface area contributed by atoms with Crippen LogP contribution in [0.4, 0.5) is 0 Å². The van der Waals surface area contributed by atoms with Crippen LogP contribution in [-0.4, -0.2) is 39.1 Å². The molecule has 0 aliphatic rings. The van der Waals surface area contributed by atoms with E-state index in [0.29, 0.717) is 12.0 Å². The molecule has 0 bridgehead atoms. The van der Waals surface area contributed by atoms with E-state index in [0.717, 1.165) is 29.1 Å². The molecule has 0 fully saturated rings. The molecule has 0 saturated carbocycles. The van der Waals surface area contributed by atoms with Gasteiger partial charge in [0.1, 0.15) is 0 Å². The summed E-state index contributed by atoms with van der Waals surface area (Å²) in [5.74, 6) is 0. The van der Waals surface area contributed by atoms with Crippen LogP contribution in [0.2, 0.25) is 0 Å². The number of rotatable bonds is 6. The van der Waals surface area contributed by atoms with Crippen LogP contribution in [0.3, 0.4) is 0 Å². The first-order chi connectivity index (χ1) is 12.1. The number of nitrogens with zero attached hydrogens (tertiary/aromatic N) is 3. The summed E-state index contributed by atoms with van der Waals surface area (Å²) < 4.78 is 0. The van der Waals surface area contributed by atoms with Crippen molar-refractivity contribution in [1.82, 2.24) is 14.9 Å². The first-order valence-corrected chi connectivity index (χ1v) is 8.12. The van der Waals surface area contributed by atoms with E-state index in [1.165, 1.54) is 0 Å². The van der Waals surface area contributed by atoms with E-state index in [-0.39, 0.29) is 0 Å². The van der Waals surface area contributed by atoms with Gasteiger partial charge in [0.15, 0.2) is 0 Å². The Balaban J connectivity index is 1.73. The summed E-state index contributed by atoms with van der Waals surface area (Å²) in [4.78, 5) is 10.9. The molecule has 25 heavy (non-hydrogen) atoms. The van der Waals surface area contributed by atoms with Crippen molar-refractivity contribution in [2.75, 3.05) is 7.05 Å². The fourth-order valence-corrected chi connectivity index (χ4v) is 2.82. The molecule has 0 saturated heterocycles. The molecular formula is C19H20BN3O2. The summed E-state index contributed by atoms with van der Waals surface area (Å²) in [5.41, 5.74) is 4.26. The molecule has 6 heteroatoms. The van der Waals surface area contributed by atoms with Crippen molar-refractivity contribution >= 4 is 12.6 Å². The van der Waals surface area contributed by atoms with Crippen LogP contribution >= 0.6 is 0 Å². The maximum atomic E-state index is 9.49. The Kier molecular flexibility index (Phi) is 5.55. The third-order valence-corrected chi connectivity index (χ3v) is 3.98. The minimum Gasteiger partial charge on any atom is -0.423 e. The minimum absolute atomic E-state index is 0.540. The van der Waals surface area contributed by atoms with Gasteiger partial charge in [0, 0.05) is 25.5 Å². The van der Waals surface area contributed by atoms with Gasteiger partial charge in [-0.3, -0.25) is 14.9 Å². The van der Waals surface area contributed by atoms with Crippen LogP contribution in [-0.2, 0) is 13.1 Å². The fourth-order valence-electron chi connectivity index (χ4n) is 2.82. The molecular weight excluding hydrogens is 313 g/mol. The first-order valence-electron chi connectivity index (χ1n) is 8.12. The van der Waals surface area contributed by atoms with Crippen molar-refractivity contribution in [3.63, 3.8) is 0 Å². The molecule has 1 aromatic carbocycles. The largest absolute Gasteiger partial charge is 0.488 e. The lowest BCUT2D eigenvalue weighted by atomic mass is 9.77. The second-order valence-corrected chi connectivity index (χ2v) is 6.01. The number of hydrogen-bond donors (Lipinski definition) is 2. The van der Waals surface area contributed by atoms with E-state index in [2.05, 4.69) is 14.9 Å². The predicted molar refractivity (Wildman–Crippen MR) is 98.9 cm³/mol. The Labute approximate surface area is 147 Å². The zero-order chi connectivity index (χ0) is 17.6. The lowest BCUT2D eigenvalue weighted by Gasteiger charge is -2.19. The molecule has 3 aromatic rings. The molecule has 0 radical (unpaired) electrons. The van der Waals surface area contributed by atoms with Gasteiger partial charge >= 0.3 is 7.12 Å². The maximum Gasteiger partial charge on any atom is 0.488 e. The Hall–Kier alpha value is -2.54. The van der Waals surface area contributed by atoms with Crippen molar-refractivity contribution in [2.45, 2.75) is 13.1 Å². The number of pyridine rings is 2. The van der Waals surface area contributed by atoms with E-state index >= 15 is 0 Å². The van der Waals surface area contributed by atoms with Crippen LogP contribution in [0.1, 0.15) is 11.1 Å². The van der Waals surface area contributed by atoms with Gasteiger partial charge in [-0.2, -0.15) is 0 Å². The second kappa shape index (κ2) is 8.03. The molecule has 2 heterocycles. The van der Waals surface area contributed by atoms with E-state index in [1.807, 2.05) is 49.5 Å². The monoisotopic (exact) mass is 333 g/mol. The van der Waals surface area contributed by atoms with Crippen LogP contribution in [0.5, 0.6) is 0 Å². The van der Waals surface area contributed by atoms with Crippen LogP contribution in [0, 0.1) is 0 Å². The van der Waals surface area contributed by atoms with Crippen LogP contribution < -0.4 is 5.46 Å². The highest BCUT2D eigenvalue weighted by Crippen LogP contribution is 2.16. The van der Waals surface area contributed by atoms with E-state index in [1.54, 1.807) is 24.5 Å². The lowest BCUT2D eigenvalue weighted by molar-refractivity contribution is 0.319. The molecule has 2 N–H and O–H groups in total. The molecule has 0 unspecified atom stereocenters. The minimum atomic E-state index is -1.46. The van der Waals surface area contributed by atoms with Crippen LogP contribution in [0.25, 0.3) is 11.4 Å². The summed E-state index contributed by atoms with van der Waals surface area (Å²) in [5, 5.41) is 19.0. The van der Waals surface area contributed by atoms with Gasteiger partial charge in [-0.1, -0.05) is 30.3 Å². The first kappa shape index (κ1) is 17.3. The molecule has 0 amide bonds. The lowest BCUT2D eigenvalue weighted by Crippen LogP contribution is -2.34. The zero-order valence-electron chi connectivity index (χ0n) is 14.1. The highest BCUT2D eigenvalue weighted by atomic mass is 16.4. The van der Waals surface area contributed by atoms with Gasteiger partial charge in [-0.25, -0.2) is 0 Å². The highest BCUT2D eigenvalue weighted by molar-refractivity contribution is 6.59. The van der Waals surface area contributed by atoms with Crippen molar-refractivity contribution in [2.24, 2.45) is 0 Å². The molecule has 0 aliphatic heterocycles. The smallest absolute Gasteiger partial charge is 0.423 e. The standard InChI is InChI=1S/C19H20BN3O2/c1-23(14-16-6-2-3-7-17(16)20(24)25)13-15-9-11-22-19(12-15)18-8-4-5-10-21-18/h2-12,24-25H,13-14H2,1H3. The number of aromatic nitrogens is 2. The molecule has 0 atom stereocenters. The Morgan fingerprint density at radius 3 is 2.40 bits per heavy atom. The summed E-state index contributed by atoms with van der Waals surface area (Å²) in [6.45, 7) is 1.34. The fraction of sp³-hybridized carbons (Fsp3) is 0.158. The van der Waals surface area contributed by atoms with Gasteiger partial charge in [0.25, 0.3) is 0 Å². The summed E-state index contributed by atoms with van der Waals surface area (Å²) in [7, 11) is 0.544. The summed E-state index contributed by atoms with van der Waals surface area (Å²) in [6, 6.07) is 17.1. The van der Waals surface area contributed by atoms with Crippen molar-refractivity contribution in [3.8, 4) is 11.4 Å². The van der Waals surface area contributed by atoms with Crippen LogP contribution in [0.15, 0.2) is 67.0 Å². The highest BCUT2D eigenvalue weighted by Gasteiger charge is 2.16. The normalized spacial score (nSPS) is 10.9. The molecule has 5 nitrogen and oxygen atoms in total. The average Bonchev–Trinajstić information content (AvgIpc) is 2.63. The van der Waals surface area contributed by atoms with Gasteiger partial charge in [0.05, 0.1) is 11.4 Å². The van der Waals surface area contributed by atoms with Gasteiger partial charge in [0.2, 0.25) is 0 Å². The Morgan fingerprint density at radius 1 is 0.880 bits per heavy atom. The van der Waals surface area contributed by atoms with Crippen molar-refractivity contribution < 1.29 is 10.0 Å². The summed E-state index contributed by atoms with van der Waals surface area (Å²) in [6.07, 6.45) is 3.55. The zero-order valence-corrected chi connectivity index (χ0v) is 14.1. The van der Waals surface area contributed by atoms with Crippen molar-refractivity contribution in [3.05, 3.63) is 78.1 Å². The molecule has 2 aromatic heterocycles. The van der Waals surface area contributed by atoms with Gasteiger partial charge < -0.3 is 10.0 Å². The maximum absolute atomic E-state index is 9.49. The molecule has 0 spiro atoms. The van der Waals surface area contributed by atoms with E-state index in [4.69, 9.17) is 0 Å². The molecule has 0 aliphatic carbocycles. The number of hydrogen-bond acceptors (Lipinski definition) is 5. The second-order valence-electron chi connectivity index (χ2n) is 6.01. The quantitative estimate of drug-likeness (QED) is 0.669. The van der Waals surface area contributed by atoms with E-state index < -0.39 is 7.12 Å². The van der Waals surface area contributed by atoms with Crippen molar-refractivity contribution in [1.29, 1.82) is 0 Å². The SMILES string of the molecule is CN(Cc1ccnc(-c2ccccn2)c1)Cc1ccccc1B(O)O. The summed E-state index contributed by atoms with van der Waals surface area (Å²) >= 11 is 0. The molecule has 3 rings (SSSR count). The predicted octanol–water partition coefficient (Wildman–Crippen LogP) is 1.46. The topological polar surface area (TPSA) is 69.5 Å². The Morgan fingerprint density at radius 2 is 1.64 bits per heavy atom. The number of benzene rings is 1. The molecule has 126 valence electrons. The van der Waals surface area contributed by atoms with E-state index in [9.17, 15) is 10.0 Å². The third kappa shape index (κ3) is 4.51. The van der Waals surface area contributed by atoms with Gasteiger partial charge in [-0.05, 0) is 47.9 Å².